The van der Waals surface area contributed by atoms with Crippen LogP contribution in [0.2, 0.25) is 0 Å². The van der Waals surface area contributed by atoms with Crippen molar-refractivity contribution in [1.82, 2.24) is 0 Å². The summed E-state index contributed by atoms with van der Waals surface area (Å²) in [6.07, 6.45) is 4.73. The molecule has 0 unspecified atom stereocenters. The molecule has 0 aliphatic rings. The molecule has 0 bridgehead atoms. The Morgan fingerprint density at radius 2 is 1.64 bits per heavy atom. The van der Waals surface area contributed by atoms with Crippen LogP contribution >= 0.6 is 7.82 Å². The number of rotatable bonds is 2. The second-order valence-corrected chi connectivity index (χ2v) is 2.74. The number of hydrogen-bond acceptors (Lipinski definition) is 1. The minimum absolute atomic E-state index is 0. The van der Waals surface area contributed by atoms with Crippen molar-refractivity contribution >= 4 is 7.82 Å². The zero-order valence-electron chi connectivity index (χ0n) is 7.19. The van der Waals surface area contributed by atoms with Crippen LogP contribution in [-0.2, 0) is 4.57 Å². The first-order chi connectivity index (χ1) is 4.41. The van der Waals surface area contributed by atoms with Gasteiger partial charge in [-0.05, 0) is 0 Å². The molecule has 0 saturated carbocycles. The maximum Gasteiger partial charge on any atom is 1.00 e. The van der Waals surface area contributed by atoms with Gasteiger partial charge in [-0.2, -0.15) is 13.3 Å². The Balaban J connectivity index is -0.000000107. The Morgan fingerprint density at radius 1 is 1.36 bits per heavy atom. The standard InChI is InChI=1S/C5H11.Li.H3O4P/c1-3-5-4-2;;1-5(2,3)4/h3H,4-5H2,1-2H3;;(H3,1,2,3,4)/q-1;+1;. The fourth-order valence-corrected chi connectivity index (χ4v) is 0.289. The SMILES string of the molecule is C[CH-]CCC.O=P(O)(O)O.[Li+]. The summed E-state index contributed by atoms with van der Waals surface area (Å²) in [5.74, 6) is 0. The summed E-state index contributed by atoms with van der Waals surface area (Å²) in [6.45, 7) is 4.27. The van der Waals surface area contributed by atoms with Crippen LogP contribution in [0.25, 0.3) is 0 Å². The molecule has 11 heavy (non-hydrogen) atoms. The Labute approximate surface area is 79.4 Å². The van der Waals surface area contributed by atoms with E-state index < -0.39 is 7.82 Å². The molecule has 0 fully saturated rings. The zero-order chi connectivity index (χ0) is 8.62. The Hall–Kier alpha value is 0.707. The third-order valence-corrected chi connectivity index (χ3v) is 0.577. The summed E-state index contributed by atoms with van der Waals surface area (Å²) in [5.41, 5.74) is 0. The van der Waals surface area contributed by atoms with E-state index >= 15 is 0 Å². The summed E-state index contributed by atoms with van der Waals surface area (Å²) in [6, 6.07) is 0. The van der Waals surface area contributed by atoms with Gasteiger partial charge in [0.1, 0.15) is 0 Å². The minimum Gasteiger partial charge on any atom is -0.332 e. The molecule has 3 N–H and O–H groups in total. The third kappa shape index (κ3) is 111. The van der Waals surface area contributed by atoms with Gasteiger partial charge in [0.05, 0.1) is 0 Å². The van der Waals surface area contributed by atoms with Gasteiger partial charge in [0, 0.05) is 0 Å². The van der Waals surface area contributed by atoms with Crippen LogP contribution in [0.3, 0.4) is 0 Å². The van der Waals surface area contributed by atoms with E-state index in [1.165, 1.54) is 12.8 Å². The molecule has 0 aromatic rings. The van der Waals surface area contributed by atoms with Gasteiger partial charge in [-0.25, -0.2) is 4.57 Å². The second kappa shape index (κ2) is 10.7. The molecule has 0 atom stereocenters. The van der Waals surface area contributed by atoms with Crippen molar-refractivity contribution in [3.8, 4) is 0 Å². The summed E-state index contributed by atoms with van der Waals surface area (Å²) in [5, 5.41) is 0. The third-order valence-electron chi connectivity index (χ3n) is 0.577. The molecular formula is C5H14LiO4P. The number of hydrogen-bond donors (Lipinski definition) is 3. The van der Waals surface area contributed by atoms with Crippen molar-refractivity contribution < 1.29 is 38.1 Å². The maximum atomic E-state index is 8.88. The van der Waals surface area contributed by atoms with E-state index in [1.54, 1.807) is 0 Å². The minimum atomic E-state index is -4.64. The fraction of sp³-hybridized carbons (Fsp3) is 0.800. The first kappa shape index (κ1) is 17.7. The topological polar surface area (TPSA) is 77.8 Å². The van der Waals surface area contributed by atoms with Crippen LogP contribution < -0.4 is 18.9 Å². The van der Waals surface area contributed by atoms with E-state index in [0.29, 0.717) is 0 Å². The van der Waals surface area contributed by atoms with E-state index in [9.17, 15) is 0 Å². The summed E-state index contributed by atoms with van der Waals surface area (Å²) < 4.78 is 8.88. The average molecular weight is 176 g/mol. The first-order valence-electron chi connectivity index (χ1n) is 2.98. The molecule has 0 spiro atoms. The second-order valence-electron chi connectivity index (χ2n) is 1.71. The molecule has 64 valence electrons. The van der Waals surface area contributed by atoms with Gasteiger partial charge < -0.3 is 21.1 Å². The Kier molecular flexibility index (Phi) is 17.2. The van der Waals surface area contributed by atoms with Gasteiger partial charge in [-0.1, -0.05) is 13.3 Å². The zero-order valence-corrected chi connectivity index (χ0v) is 8.08. The maximum absolute atomic E-state index is 8.88. The molecule has 0 amide bonds. The van der Waals surface area contributed by atoms with Crippen molar-refractivity contribution in [3.63, 3.8) is 0 Å². The van der Waals surface area contributed by atoms with Crippen LogP contribution in [0, 0.1) is 6.42 Å². The van der Waals surface area contributed by atoms with Crippen LogP contribution in [0.15, 0.2) is 0 Å². The van der Waals surface area contributed by atoms with E-state index in [1.807, 2.05) is 0 Å². The molecule has 4 nitrogen and oxygen atoms in total. The van der Waals surface area contributed by atoms with Gasteiger partial charge in [0.15, 0.2) is 0 Å². The monoisotopic (exact) mass is 176 g/mol. The fourth-order valence-electron chi connectivity index (χ4n) is 0.289. The van der Waals surface area contributed by atoms with Crippen LogP contribution in [0.4, 0.5) is 0 Å². The molecule has 0 radical (unpaired) electrons. The van der Waals surface area contributed by atoms with Crippen molar-refractivity contribution in [1.29, 1.82) is 0 Å². The molecule has 0 aromatic heterocycles. The normalized spacial score (nSPS) is 9.18. The van der Waals surface area contributed by atoms with Crippen molar-refractivity contribution in [3.05, 3.63) is 6.42 Å². The van der Waals surface area contributed by atoms with Gasteiger partial charge in [-0.15, -0.1) is 0 Å². The van der Waals surface area contributed by atoms with Crippen molar-refractivity contribution in [2.45, 2.75) is 26.7 Å². The van der Waals surface area contributed by atoms with Gasteiger partial charge in [-0.3, -0.25) is 0 Å². The number of unbranched alkanes of at least 4 members (excludes halogenated alkanes) is 2. The van der Waals surface area contributed by atoms with E-state index in [2.05, 4.69) is 20.3 Å². The molecule has 0 heterocycles. The van der Waals surface area contributed by atoms with E-state index in [4.69, 9.17) is 19.2 Å². The van der Waals surface area contributed by atoms with Gasteiger partial charge in [0.25, 0.3) is 0 Å². The molecule has 6 heteroatoms. The molecule has 0 aromatic carbocycles. The quantitative estimate of drug-likeness (QED) is 0.260. The van der Waals surface area contributed by atoms with E-state index in [-0.39, 0.29) is 18.9 Å². The molecule has 0 rings (SSSR count). The van der Waals surface area contributed by atoms with E-state index in [0.717, 1.165) is 0 Å². The Morgan fingerprint density at radius 3 is 1.64 bits per heavy atom. The molecule has 0 aliphatic heterocycles. The Bertz CT molecular complexity index is 92.4. The summed E-state index contributed by atoms with van der Waals surface area (Å²) in [7, 11) is -4.64. The largest absolute Gasteiger partial charge is 1.00 e. The smallest absolute Gasteiger partial charge is 0.332 e. The van der Waals surface area contributed by atoms with Gasteiger partial charge >= 0.3 is 26.7 Å². The number of phosphoric acid groups is 1. The molecule has 0 aliphatic carbocycles. The van der Waals surface area contributed by atoms with Crippen molar-refractivity contribution in [2.24, 2.45) is 0 Å². The van der Waals surface area contributed by atoms with Gasteiger partial charge in [0.2, 0.25) is 0 Å². The van der Waals surface area contributed by atoms with Crippen LogP contribution in [0.5, 0.6) is 0 Å². The molecular weight excluding hydrogens is 162 g/mol. The van der Waals surface area contributed by atoms with Crippen molar-refractivity contribution in [2.75, 3.05) is 0 Å². The van der Waals surface area contributed by atoms with Crippen LogP contribution in [-0.4, -0.2) is 14.7 Å². The predicted molar refractivity (Wildman–Crippen MR) is 39.1 cm³/mol. The predicted octanol–water partition coefficient (Wildman–Crippen LogP) is -1.91. The summed E-state index contributed by atoms with van der Waals surface area (Å²) >= 11 is 0. The van der Waals surface area contributed by atoms with Crippen LogP contribution in [0.1, 0.15) is 26.7 Å². The average Bonchev–Trinajstić information content (AvgIpc) is 1.63. The summed E-state index contributed by atoms with van der Waals surface area (Å²) in [4.78, 5) is 21.6. The first-order valence-corrected chi connectivity index (χ1v) is 4.54. The molecule has 0 saturated heterocycles.